The predicted molar refractivity (Wildman–Crippen MR) is 101 cm³/mol. The molecule has 0 bridgehead atoms. The number of nitrogens with zero attached hydrogens (tertiary/aromatic N) is 1. The summed E-state index contributed by atoms with van der Waals surface area (Å²) in [5, 5.41) is 6.73. The Hall–Kier alpha value is -1.59. The van der Waals surface area contributed by atoms with E-state index >= 15 is 0 Å². The normalized spacial score (nSPS) is 17.3. The maximum absolute atomic E-state index is 12.9. The van der Waals surface area contributed by atoms with Crippen LogP contribution >= 0.6 is 11.6 Å². The molecule has 1 saturated heterocycles. The van der Waals surface area contributed by atoms with Gasteiger partial charge in [0.1, 0.15) is 0 Å². The third-order valence-electron chi connectivity index (χ3n) is 4.25. The van der Waals surface area contributed by atoms with Crippen LogP contribution in [0.25, 0.3) is 0 Å². The second-order valence-electron chi connectivity index (χ2n) is 8.28. The molecule has 2 rings (SSSR count). The van der Waals surface area contributed by atoms with E-state index in [0.717, 1.165) is 12.1 Å². The van der Waals surface area contributed by atoms with Crippen molar-refractivity contribution in [1.82, 2.24) is 15.5 Å². The van der Waals surface area contributed by atoms with E-state index in [1.165, 1.54) is 0 Å². The molecule has 25 heavy (non-hydrogen) atoms. The van der Waals surface area contributed by atoms with E-state index in [1.807, 2.05) is 31.7 Å². The summed E-state index contributed by atoms with van der Waals surface area (Å²) in [6.45, 7) is 12.2. The molecule has 138 valence electrons. The lowest BCUT2D eigenvalue weighted by molar-refractivity contribution is -0.128. The zero-order valence-corrected chi connectivity index (χ0v) is 16.5. The number of hydrogen-bond donors (Lipinski definition) is 2. The van der Waals surface area contributed by atoms with Crippen LogP contribution in [0.4, 0.5) is 0 Å². The van der Waals surface area contributed by atoms with Crippen molar-refractivity contribution in [3.8, 4) is 0 Å². The van der Waals surface area contributed by atoms with Crippen LogP contribution in [0.5, 0.6) is 0 Å². The van der Waals surface area contributed by atoms with Crippen LogP contribution in [0.3, 0.4) is 0 Å². The van der Waals surface area contributed by atoms with Crippen LogP contribution < -0.4 is 10.6 Å². The van der Waals surface area contributed by atoms with Gasteiger partial charge in [-0.1, -0.05) is 38.4 Å². The molecular formula is C19H28ClN3O2. The first kappa shape index (κ1) is 19.7. The van der Waals surface area contributed by atoms with Gasteiger partial charge in [-0.15, -0.1) is 0 Å². The van der Waals surface area contributed by atoms with Crippen LogP contribution in [0, 0.1) is 5.41 Å². The lowest BCUT2D eigenvalue weighted by Gasteiger charge is -2.39. The number of carbonyl (C=O) groups is 2. The average Bonchev–Trinajstić information content (AvgIpc) is 2.51. The highest BCUT2D eigenvalue weighted by molar-refractivity contribution is 6.33. The summed E-state index contributed by atoms with van der Waals surface area (Å²) in [5.74, 6) is -0.0947. The number of amides is 2. The molecule has 0 aromatic heterocycles. The molecule has 1 fully saturated rings. The standard InChI is InChI=1S/C19H28ClN3O2/c1-18(2,3)17(25)21-11-13-6-7-15(20)14(10-13)16(24)23-9-8-22-19(4,5)12-23/h6-7,10,22H,8-9,11-12H2,1-5H3,(H,21,25). The van der Waals surface area contributed by atoms with Gasteiger partial charge in [0, 0.05) is 37.1 Å². The van der Waals surface area contributed by atoms with Crippen molar-refractivity contribution < 1.29 is 9.59 Å². The number of carbonyl (C=O) groups excluding carboxylic acids is 2. The molecule has 1 heterocycles. The third kappa shape index (κ3) is 5.19. The monoisotopic (exact) mass is 365 g/mol. The predicted octanol–water partition coefficient (Wildman–Crippen LogP) is 2.83. The number of rotatable bonds is 3. The number of hydrogen-bond acceptors (Lipinski definition) is 3. The summed E-state index contributed by atoms with van der Waals surface area (Å²) < 4.78 is 0. The summed E-state index contributed by atoms with van der Waals surface area (Å²) in [4.78, 5) is 26.7. The fourth-order valence-corrected chi connectivity index (χ4v) is 2.98. The summed E-state index contributed by atoms with van der Waals surface area (Å²) in [6, 6.07) is 5.34. The second-order valence-corrected chi connectivity index (χ2v) is 8.69. The van der Waals surface area contributed by atoms with Gasteiger partial charge in [0.05, 0.1) is 10.6 Å². The fourth-order valence-electron chi connectivity index (χ4n) is 2.78. The van der Waals surface area contributed by atoms with Gasteiger partial charge in [-0.25, -0.2) is 0 Å². The molecule has 2 N–H and O–H groups in total. The van der Waals surface area contributed by atoms with E-state index in [0.29, 0.717) is 30.2 Å². The largest absolute Gasteiger partial charge is 0.352 e. The Kier molecular flexibility index (Phi) is 5.79. The van der Waals surface area contributed by atoms with Crippen molar-refractivity contribution in [1.29, 1.82) is 0 Å². The molecule has 0 aliphatic carbocycles. The third-order valence-corrected chi connectivity index (χ3v) is 4.58. The van der Waals surface area contributed by atoms with Gasteiger partial charge < -0.3 is 15.5 Å². The maximum atomic E-state index is 12.9. The van der Waals surface area contributed by atoms with E-state index in [-0.39, 0.29) is 17.4 Å². The van der Waals surface area contributed by atoms with Gasteiger partial charge in [0.25, 0.3) is 5.91 Å². The van der Waals surface area contributed by atoms with Crippen molar-refractivity contribution >= 4 is 23.4 Å². The SMILES string of the molecule is CC1(C)CN(C(=O)c2cc(CNC(=O)C(C)(C)C)ccc2Cl)CCN1. The van der Waals surface area contributed by atoms with E-state index in [2.05, 4.69) is 24.5 Å². The van der Waals surface area contributed by atoms with Gasteiger partial charge >= 0.3 is 0 Å². The highest BCUT2D eigenvalue weighted by Gasteiger charge is 2.30. The molecule has 6 heteroatoms. The first-order valence-corrected chi connectivity index (χ1v) is 8.98. The lowest BCUT2D eigenvalue weighted by Crippen LogP contribution is -2.58. The van der Waals surface area contributed by atoms with Gasteiger partial charge in [0.15, 0.2) is 0 Å². The Morgan fingerprint density at radius 1 is 1.32 bits per heavy atom. The first-order valence-electron chi connectivity index (χ1n) is 8.61. The Morgan fingerprint density at radius 3 is 2.60 bits per heavy atom. The van der Waals surface area contributed by atoms with Crippen LogP contribution in [-0.2, 0) is 11.3 Å². The van der Waals surface area contributed by atoms with Crippen molar-refractivity contribution in [2.45, 2.75) is 46.7 Å². The van der Waals surface area contributed by atoms with Crippen molar-refractivity contribution in [3.05, 3.63) is 34.3 Å². The Labute approximate surface area is 155 Å². The minimum absolute atomic E-state index is 0.0285. The molecule has 1 aromatic rings. The van der Waals surface area contributed by atoms with Crippen LogP contribution in [-0.4, -0.2) is 41.9 Å². The molecule has 0 spiro atoms. The van der Waals surface area contributed by atoms with Gasteiger partial charge in [0.2, 0.25) is 5.91 Å². The van der Waals surface area contributed by atoms with Crippen molar-refractivity contribution in [2.24, 2.45) is 5.41 Å². The summed E-state index contributed by atoms with van der Waals surface area (Å²) in [5.41, 5.74) is 0.789. The molecule has 1 aromatic carbocycles. The van der Waals surface area contributed by atoms with E-state index in [4.69, 9.17) is 11.6 Å². The maximum Gasteiger partial charge on any atom is 0.255 e. The van der Waals surface area contributed by atoms with Gasteiger partial charge in [-0.2, -0.15) is 0 Å². The van der Waals surface area contributed by atoms with Crippen LogP contribution in [0.1, 0.15) is 50.5 Å². The van der Waals surface area contributed by atoms with Gasteiger partial charge in [-0.3, -0.25) is 9.59 Å². The minimum Gasteiger partial charge on any atom is -0.352 e. The Balaban J connectivity index is 2.13. The zero-order chi connectivity index (χ0) is 18.8. The molecule has 0 unspecified atom stereocenters. The minimum atomic E-state index is -0.447. The molecule has 0 saturated carbocycles. The Morgan fingerprint density at radius 2 is 2.00 bits per heavy atom. The second kappa shape index (κ2) is 7.34. The van der Waals surface area contributed by atoms with E-state index in [9.17, 15) is 9.59 Å². The molecule has 0 radical (unpaired) electrons. The van der Waals surface area contributed by atoms with Gasteiger partial charge in [-0.05, 0) is 31.5 Å². The average molecular weight is 366 g/mol. The smallest absolute Gasteiger partial charge is 0.255 e. The number of nitrogens with one attached hydrogen (secondary N) is 2. The molecule has 1 aliphatic rings. The highest BCUT2D eigenvalue weighted by atomic mass is 35.5. The number of benzene rings is 1. The molecule has 2 amide bonds. The van der Waals surface area contributed by atoms with E-state index in [1.54, 1.807) is 12.1 Å². The van der Waals surface area contributed by atoms with Crippen LogP contribution in [0.2, 0.25) is 5.02 Å². The molecule has 1 aliphatic heterocycles. The molecule has 0 atom stereocenters. The quantitative estimate of drug-likeness (QED) is 0.865. The fraction of sp³-hybridized carbons (Fsp3) is 0.579. The summed E-state index contributed by atoms with van der Waals surface area (Å²) in [7, 11) is 0. The van der Waals surface area contributed by atoms with Crippen molar-refractivity contribution in [2.75, 3.05) is 19.6 Å². The molecule has 5 nitrogen and oxygen atoms in total. The van der Waals surface area contributed by atoms with E-state index < -0.39 is 5.41 Å². The Bertz CT molecular complexity index is 665. The summed E-state index contributed by atoms with van der Waals surface area (Å²) >= 11 is 6.27. The first-order chi connectivity index (χ1) is 11.5. The van der Waals surface area contributed by atoms with Crippen molar-refractivity contribution in [3.63, 3.8) is 0 Å². The number of halogens is 1. The number of piperazine rings is 1. The lowest BCUT2D eigenvalue weighted by atomic mass is 9.95. The summed E-state index contributed by atoms with van der Waals surface area (Å²) in [6.07, 6.45) is 0. The van der Waals surface area contributed by atoms with Crippen LogP contribution in [0.15, 0.2) is 18.2 Å². The molecular weight excluding hydrogens is 338 g/mol. The topological polar surface area (TPSA) is 61.4 Å². The zero-order valence-electron chi connectivity index (χ0n) is 15.7. The highest BCUT2D eigenvalue weighted by Crippen LogP contribution is 2.22.